The Morgan fingerprint density at radius 1 is 1.09 bits per heavy atom. The third-order valence-electron chi connectivity index (χ3n) is 6.01. The summed E-state index contributed by atoms with van der Waals surface area (Å²) >= 11 is 0. The smallest absolute Gasteiger partial charge is 0.271 e. The summed E-state index contributed by atoms with van der Waals surface area (Å²) in [6, 6.07) is 8.00. The van der Waals surface area contributed by atoms with Gasteiger partial charge in [-0.1, -0.05) is 45.9 Å². The van der Waals surface area contributed by atoms with Crippen LogP contribution in [0.2, 0.25) is 0 Å². The molecule has 4 rings (SSSR count). The third kappa shape index (κ3) is 1.84. The Labute approximate surface area is 135 Å². The van der Waals surface area contributed by atoms with E-state index in [0.717, 1.165) is 28.1 Å². The van der Waals surface area contributed by atoms with Crippen LogP contribution >= 0.6 is 0 Å². The van der Waals surface area contributed by atoms with Crippen molar-refractivity contribution in [2.75, 3.05) is 0 Å². The summed E-state index contributed by atoms with van der Waals surface area (Å²) < 4.78 is 0. The van der Waals surface area contributed by atoms with Crippen molar-refractivity contribution in [3.8, 4) is 0 Å². The number of H-pyrrole nitrogens is 2. The Morgan fingerprint density at radius 2 is 1.78 bits per heavy atom. The fraction of sp³-hybridized carbons (Fsp3) is 0.368. The second-order valence-electron chi connectivity index (χ2n) is 7.66. The number of benzene rings is 1. The zero-order chi connectivity index (χ0) is 16.4. The van der Waals surface area contributed by atoms with Crippen molar-refractivity contribution in [1.29, 1.82) is 0 Å². The van der Waals surface area contributed by atoms with E-state index in [1.54, 1.807) is 0 Å². The van der Waals surface area contributed by atoms with Gasteiger partial charge in [-0.3, -0.25) is 14.9 Å². The van der Waals surface area contributed by atoms with Crippen LogP contribution in [0.3, 0.4) is 0 Å². The largest absolute Gasteiger partial charge is 0.301 e. The van der Waals surface area contributed by atoms with Crippen LogP contribution < -0.4 is 5.56 Å². The number of aromatic nitrogens is 2. The minimum absolute atomic E-state index is 0.0659. The molecule has 4 nitrogen and oxygen atoms in total. The van der Waals surface area contributed by atoms with Crippen molar-refractivity contribution < 1.29 is 0 Å². The maximum Gasteiger partial charge on any atom is 0.271 e. The molecule has 118 valence electrons. The molecule has 23 heavy (non-hydrogen) atoms. The van der Waals surface area contributed by atoms with E-state index in [1.165, 1.54) is 0 Å². The maximum atomic E-state index is 12.3. The number of aliphatic imine (C=N–C) groups is 1. The van der Waals surface area contributed by atoms with Gasteiger partial charge in [0.2, 0.25) is 0 Å². The first-order chi connectivity index (χ1) is 10.8. The van der Waals surface area contributed by atoms with Gasteiger partial charge in [-0.05, 0) is 23.0 Å². The van der Waals surface area contributed by atoms with E-state index in [-0.39, 0.29) is 16.4 Å². The van der Waals surface area contributed by atoms with E-state index >= 15 is 0 Å². The molecular formula is C19H21N3O. The standard InChI is InChI=1S/C19H21N3O/c1-18(2)16(19(18,3)4)15-13(17(23)22-21-15)9-11-10-20-14-8-6-5-7-12(11)14/h5-10,16H,1-4H3,(H2,21,22,23). The van der Waals surface area contributed by atoms with Crippen molar-refractivity contribution in [1.82, 2.24) is 10.2 Å². The van der Waals surface area contributed by atoms with Gasteiger partial charge in [0.15, 0.2) is 0 Å². The van der Waals surface area contributed by atoms with Crippen LogP contribution in [0.25, 0.3) is 11.6 Å². The SMILES string of the molecule is CC1(C)C(c2[nH][nH]c(=O)c2C=C2C=Nc3ccccc32)C1(C)C. The zero-order valence-electron chi connectivity index (χ0n) is 13.9. The molecule has 1 aromatic heterocycles. The minimum Gasteiger partial charge on any atom is -0.301 e. The average molecular weight is 307 g/mol. The Morgan fingerprint density at radius 3 is 2.48 bits per heavy atom. The van der Waals surface area contributed by atoms with Gasteiger partial charge in [-0.2, -0.15) is 0 Å². The number of allylic oxidation sites excluding steroid dienone is 1. The summed E-state index contributed by atoms with van der Waals surface area (Å²) in [4.78, 5) is 16.7. The molecule has 2 N–H and O–H groups in total. The molecule has 0 amide bonds. The molecule has 0 atom stereocenters. The van der Waals surface area contributed by atoms with Gasteiger partial charge in [-0.25, -0.2) is 0 Å². The quantitative estimate of drug-likeness (QED) is 0.861. The number of hydrogen-bond donors (Lipinski definition) is 2. The lowest BCUT2D eigenvalue weighted by Crippen LogP contribution is -2.03. The number of nitrogens with zero attached hydrogens (tertiary/aromatic N) is 1. The fourth-order valence-electron chi connectivity index (χ4n) is 3.98. The van der Waals surface area contributed by atoms with Gasteiger partial charge in [-0.15, -0.1) is 0 Å². The van der Waals surface area contributed by atoms with Gasteiger partial charge in [0.05, 0.1) is 11.3 Å². The highest BCUT2D eigenvalue weighted by atomic mass is 16.1. The van der Waals surface area contributed by atoms with Gasteiger partial charge in [0.1, 0.15) is 0 Å². The molecule has 0 unspecified atom stereocenters. The molecule has 1 aromatic carbocycles. The predicted octanol–water partition coefficient (Wildman–Crippen LogP) is 4.11. The molecule has 1 saturated carbocycles. The first-order valence-corrected chi connectivity index (χ1v) is 8.00. The number of rotatable bonds is 2. The van der Waals surface area contributed by atoms with Gasteiger partial charge in [0, 0.05) is 29.0 Å². The third-order valence-corrected chi connectivity index (χ3v) is 6.01. The van der Waals surface area contributed by atoms with E-state index < -0.39 is 0 Å². The number of nitrogens with one attached hydrogen (secondary N) is 2. The van der Waals surface area contributed by atoms with Crippen LogP contribution in [0.4, 0.5) is 5.69 Å². The highest BCUT2D eigenvalue weighted by Crippen LogP contribution is 2.73. The summed E-state index contributed by atoms with van der Waals surface area (Å²) in [6.07, 6.45) is 3.80. The second kappa shape index (κ2) is 4.34. The lowest BCUT2D eigenvalue weighted by Gasteiger charge is -2.03. The highest BCUT2D eigenvalue weighted by Gasteiger charge is 2.66. The molecule has 2 aliphatic rings. The topological polar surface area (TPSA) is 61.0 Å². The van der Waals surface area contributed by atoms with E-state index in [0.29, 0.717) is 5.92 Å². The van der Waals surface area contributed by atoms with Crippen LogP contribution in [-0.4, -0.2) is 16.4 Å². The molecule has 0 saturated heterocycles. The van der Waals surface area contributed by atoms with Crippen LogP contribution in [0, 0.1) is 10.8 Å². The van der Waals surface area contributed by atoms with E-state index in [9.17, 15) is 4.79 Å². The van der Waals surface area contributed by atoms with Crippen molar-refractivity contribution in [2.45, 2.75) is 33.6 Å². The number of aromatic amines is 2. The van der Waals surface area contributed by atoms with Gasteiger partial charge < -0.3 is 5.10 Å². The first kappa shape index (κ1) is 14.2. The summed E-state index contributed by atoms with van der Waals surface area (Å²) in [5.41, 5.74) is 5.04. The molecule has 0 bridgehead atoms. The molecule has 1 fully saturated rings. The van der Waals surface area contributed by atoms with Crippen molar-refractivity contribution in [3.05, 3.63) is 51.4 Å². The summed E-state index contributed by atoms with van der Waals surface area (Å²) in [6.45, 7) is 9.02. The van der Waals surface area contributed by atoms with Crippen molar-refractivity contribution in [2.24, 2.45) is 15.8 Å². The Hall–Kier alpha value is -2.36. The number of para-hydroxylation sites is 1. The van der Waals surface area contributed by atoms with Crippen molar-refractivity contribution >= 4 is 23.6 Å². The molecule has 1 aliphatic carbocycles. The number of fused-ring (bicyclic) bond motifs is 1. The molecule has 0 spiro atoms. The summed E-state index contributed by atoms with van der Waals surface area (Å²) in [7, 11) is 0. The average Bonchev–Trinajstić information content (AvgIpc) is 2.88. The van der Waals surface area contributed by atoms with Crippen LogP contribution in [0.15, 0.2) is 34.1 Å². The van der Waals surface area contributed by atoms with Crippen LogP contribution in [0.5, 0.6) is 0 Å². The van der Waals surface area contributed by atoms with Gasteiger partial charge in [0.25, 0.3) is 5.56 Å². The van der Waals surface area contributed by atoms with Gasteiger partial charge >= 0.3 is 0 Å². The molecule has 1 aliphatic heterocycles. The Balaban J connectivity index is 1.81. The molecule has 0 radical (unpaired) electrons. The monoisotopic (exact) mass is 307 g/mol. The predicted molar refractivity (Wildman–Crippen MR) is 94.2 cm³/mol. The summed E-state index contributed by atoms with van der Waals surface area (Å²) in [5.74, 6) is 0.342. The first-order valence-electron chi connectivity index (χ1n) is 8.00. The summed E-state index contributed by atoms with van der Waals surface area (Å²) in [5, 5.41) is 5.88. The van der Waals surface area contributed by atoms with E-state index in [2.05, 4.69) is 42.9 Å². The lowest BCUT2D eigenvalue weighted by atomic mass is 10.0. The molecule has 4 heteroatoms. The Kier molecular flexibility index (Phi) is 2.69. The lowest BCUT2D eigenvalue weighted by molar-refractivity contribution is 0.457. The normalized spacial score (nSPS) is 22.5. The van der Waals surface area contributed by atoms with E-state index in [1.807, 2.05) is 36.6 Å². The molecule has 2 aromatic rings. The Bertz CT molecular complexity index is 895. The van der Waals surface area contributed by atoms with Crippen molar-refractivity contribution in [3.63, 3.8) is 0 Å². The van der Waals surface area contributed by atoms with Crippen LogP contribution in [0.1, 0.15) is 50.4 Å². The second-order valence-corrected chi connectivity index (χ2v) is 7.66. The zero-order valence-corrected chi connectivity index (χ0v) is 13.9. The minimum atomic E-state index is -0.0659. The van der Waals surface area contributed by atoms with Crippen LogP contribution in [-0.2, 0) is 0 Å². The molecular weight excluding hydrogens is 286 g/mol. The fourth-order valence-corrected chi connectivity index (χ4v) is 3.98. The maximum absolute atomic E-state index is 12.3. The van der Waals surface area contributed by atoms with E-state index in [4.69, 9.17) is 0 Å². The number of hydrogen-bond acceptors (Lipinski definition) is 2. The highest BCUT2D eigenvalue weighted by molar-refractivity contribution is 6.21. The molecule has 2 heterocycles.